The normalized spacial score (nSPS) is 10.4. The van der Waals surface area contributed by atoms with Crippen LogP contribution in [0.2, 0.25) is 10.0 Å². The number of hydrogen-bond acceptors (Lipinski definition) is 2. The molecule has 0 aliphatic heterocycles. The van der Waals surface area contributed by atoms with E-state index in [1.165, 1.54) is 0 Å². The molecule has 0 saturated carbocycles. The molecule has 5 nitrogen and oxygen atoms in total. The Kier molecular flexibility index (Phi) is 4.55. The van der Waals surface area contributed by atoms with E-state index in [-0.39, 0.29) is 23.7 Å². The van der Waals surface area contributed by atoms with E-state index in [1.807, 2.05) is 0 Å². The maximum atomic E-state index is 12.0. The molecule has 0 bridgehead atoms. The van der Waals surface area contributed by atoms with Crippen LogP contribution in [0.5, 0.6) is 0 Å². The number of benzene rings is 1. The Morgan fingerprint density at radius 3 is 2.57 bits per heavy atom. The summed E-state index contributed by atoms with van der Waals surface area (Å²) in [4.78, 5) is 25.7. The van der Waals surface area contributed by atoms with Crippen LogP contribution in [0.4, 0.5) is 5.69 Å². The Balaban J connectivity index is 2.11. The summed E-state index contributed by atoms with van der Waals surface area (Å²) < 4.78 is 0. The molecule has 3 N–H and O–H groups in total. The van der Waals surface area contributed by atoms with Crippen molar-refractivity contribution in [1.82, 2.24) is 4.98 Å². The molecule has 2 rings (SSSR count). The number of aromatic amines is 1. The number of anilines is 1. The van der Waals surface area contributed by atoms with E-state index in [9.17, 15) is 9.59 Å². The number of aromatic nitrogens is 1. The van der Waals surface area contributed by atoms with Crippen LogP contribution in [0.25, 0.3) is 0 Å². The lowest BCUT2D eigenvalue weighted by Crippen LogP contribution is -2.16. The Morgan fingerprint density at radius 2 is 1.95 bits per heavy atom. The van der Waals surface area contributed by atoms with Gasteiger partial charge in [-0.05, 0) is 30.7 Å². The lowest BCUT2D eigenvalue weighted by Gasteiger charge is -2.05. The molecule has 0 fully saturated rings. The number of halogens is 2. The second kappa shape index (κ2) is 6.20. The number of nitrogens with one attached hydrogen (secondary N) is 2. The van der Waals surface area contributed by atoms with Crippen LogP contribution in [0, 0.1) is 6.92 Å². The van der Waals surface area contributed by atoms with Crippen LogP contribution in [0.3, 0.4) is 0 Å². The molecule has 0 aliphatic rings. The van der Waals surface area contributed by atoms with Crippen LogP contribution < -0.4 is 5.32 Å². The number of rotatable bonds is 4. The number of carbonyl (C=O) groups excluding carboxylic acids is 1. The van der Waals surface area contributed by atoms with Gasteiger partial charge < -0.3 is 15.4 Å². The lowest BCUT2D eigenvalue weighted by molar-refractivity contribution is -0.115. The van der Waals surface area contributed by atoms with Gasteiger partial charge in [0.1, 0.15) is 5.69 Å². The minimum Gasteiger partial charge on any atom is -0.477 e. The van der Waals surface area contributed by atoms with Crippen LogP contribution in [-0.4, -0.2) is 22.0 Å². The molecule has 1 amide bonds. The summed E-state index contributed by atoms with van der Waals surface area (Å²) in [6.45, 7) is 1.71. The first-order valence-electron chi connectivity index (χ1n) is 6.03. The van der Waals surface area contributed by atoms with E-state index >= 15 is 0 Å². The standard InChI is InChI=1S/C14H12Cl2N2O3/c1-7-4-11(13(17-7)14(20)21)18-12(19)6-8-2-3-9(15)10(16)5-8/h2-5,17H,6H2,1H3,(H,18,19)(H,20,21). The summed E-state index contributed by atoms with van der Waals surface area (Å²) in [5.41, 5.74) is 1.53. The fourth-order valence-corrected chi connectivity index (χ4v) is 2.21. The molecule has 21 heavy (non-hydrogen) atoms. The molecular weight excluding hydrogens is 315 g/mol. The van der Waals surface area contributed by atoms with Gasteiger partial charge in [0.15, 0.2) is 0 Å². The molecule has 0 radical (unpaired) electrons. The summed E-state index contributed by atoms with van der Waals surface area (Å²) in [5, 5.41) is 12.4. The second-order valence-corrected chi connectivity index (χ2v) is 5.33. The maximum absolute atomic E-state index is 12.0. The third-order valence-corrected chi connectivity index (χ3v) is 3.53. The highest BCUT2D eigenvalue weighted by atomic mass is 35.5. The number of H-pyrrole nitrogens is 1. The number of aromatic carboxylic acids is 1. The van der Waals surface area contributed by atoms with Gasteiger partial charge in [0.25, 0.3) is 0 Å². The van der Waals surface area contributed by atoms with Gasteiger partial charge in [-0.15, -0.1) is 0 Å². The quantitative estimate of drug-likeness (QED) is 0.804. The predicted molar refractivity (Wildman–Crippen MR) is 81.3 cm³/mol. The third kappa shape index (κ3) is 3.77. The Hall–Kier alpha value is -1.98. The number of aryl methyl sites for hydroxylation is 1. The van der Waals surface area contributed by atoms with Gasteiger partial charge in [0.2, 0.25) is 5.91 Å². The molecule has 7 heteroatoms. The molecular formula is C14H12Cl2N2O3. The minimum atomic E-state index is -1.13. The summed E-state index contributed by atoms with van der Waals surface area (Å²) in [7, 11) is 0. The van der Waals surface area contributed by atoms with Crippen molar-refractivity contribution in [2.24, 2.45) is 0 Å². The fraction of sp³-hybridized carbons (Fsp3) is 0.143. The molecule has 110 valence electrons. The highest BCUT2D eigenvalue weighted by Gasteiger charge is 2.15. The van der Waals surface area contributed by atoms with Crippen LogP contribution >= 0.6 is 23.2 Å². The first-order chi connectivity index (χ1) is 9.86. The van der Waals surface area contributed by atoms with Gasteiger partial charge in [0, 0.05) is 5.69 Å². The van der Waals surface area contributed by atoms with Crippen molar-refractivity contribution in [3.8, 4) is 0 Å². The number of hydrogen-bond donors (Lipinski definition) is 3. The zero-order valence-corrected chi connectivity index (χ0v) is 12.5. The molecule has 1 aromatic heterocycles. The van der Waals surface area contributed by atoms with Crippen molar-refractivity contribution in [3.63, 3.8) is 0 Å². The first kappa shape index (κ1) is 15.4. The smallest absolute Gasteiger partial charge is 0.354 e. The number of carboxylic acid groups (broad SMARTS) is 1. The van der Waals surface area contributed by atoms with Gasteiger partial charge >= 0.3 is 5.97 Å². The monoisotopic (exact) mass is 326 g/mol. The fourth-order valence-electron chi connectivity index (χ4n) is 1.89. The molecule has 2 aromatic rings. The van der Waals surface area contributed by atoms with E-state index in [2.05, 4.69) is 10.3 Å². The van der Waals surface area contributed by atoms with Crippen LogP contribution in [0.15, 0.2) is 24.3 Å². The van der Waals surface area contributed by atoms with E-state index in [0.717, 1.165) is 0 Å². The van der Waals surface area contributed by atoms with Gasteiger partial charge in [-0.3, -0.25) is 4.79 Å². The summed E-state index contributed by atoms with van der Waals surface area (Å²) in [6, 6.07) is 6.46. The highest BCUT2D eigenvalue weighted by Crippen LogP contribution is 2.23. The van der Waals surface area contributed by atoms with E-state index < -0.39 is 5.97 Å². The van der Waals surface area contributed by atoms with Gasteiger partial charge in [-0.2, -0.15) is 0 Å². The highest BCUT2D eigenvalue weighted by molar-refractivity contribution is 6.42. The number of carboxylic acids is 1. The number of carbonyl (C=O) groups is 2. The van der Waals surface area contributed by atoms with E-state index in [1.54, 1.807) is 31.2 Å². The minimum absolute atomic E-state index is 0.0463. The molecule has 1 aromatic carbocycles. The average molecular weight is 327 g/mol. The molecule has 0 aliphatic carbocycles. The van der Waals surface area contributed by atoms with Crippen molar-refractivity contribution in [2.45, 2.75) is 13.3 Å². The van der Waals surface area contributed by atoms with Crippen LogP contribution in [0.1, 0.15) is 21.7 Å². The molecule has 1 heterocycles. The molecule has 0 spiro atoms. The number of amides is 1. The van der Waals surface area contributed by atoms with Crippen molar-refractivity contribution in [2.75, 3.05) is 5.32 Å². The Morgan fingerprint density at radius 1 is 1.24 bits per heavy atom. The second-order valence-electron chi connectivity index (χ2n) is 4.52. The molecule has 0 unspecified atom stereocenters. The Labute approximate surface area is 130 Å². The average Bonchev–Trinajstić information content (AvgIpc) is 2.75. The largest absolute Gasteiger partial charge is 0.477 e. The van der Waals surface area contributed by atoms with Crippen molar-refractivity contribution in [1.29, 1.82) is 0 Å². The van der Waals surface area contributed by atoms with Gasteiger partial charge in [-0.1, -0.05) is 29.3 Å². The topological polar surface area (TPSA) is 82.2 Å². The third-order valence-electron chi connectivity index (χ3n) is 2.79. The summed E-state index contributed by atoms with van der Waals surface area (Å²) >= 11 is 11.7. The van der Waals surface area contributed by atoms with E-state index in [0.29, 0.717) is 21.3 Å². The van der Waals surface area contributed by atoms with Crippen molar-refractivity contribution < 1.29 is 14.7 Å². The zero-order valence-electron chi connectivity index (χ0n) is 11.0. The summed E-state index contributed by atoms with van der Waals surface area (Å²) in [6.07, 6.45) is 0.0696. The van der Waals surface area contributed by atoms with E-state index in [4.69, 9.17) is 28.3 Å². The lowest BCUT2D eigenvalue weighted by atomic mass is 10.1. The zero-order chi connectivity index (χ0) is 15.6. The van der Waals surface area contributed by atoms with Gasteiger partial charge in [0.05, 0.1) is 22.2 Å². The van der Waals surface area contributed by atoms with Crippen molar-refractivity contribution in [3.05, 3.63) is 51.3 Å². The first-order valence-corrected chi connectivity index (χ1v) is 6.79. The Bertz CT molecular complexity index is 710. The molecule has 0 saturated heterocycles. The van der Waals surface area contributed by atoms with Crippen molar-refractivity contribution >= 4 is 40.8 Å². The predicted octanol–water partition coefficient (Wildman–Crippen LogP) is 3.51. The SMILES string of the molecule is Cc1cc(NC(=O)Cc2ccc(Cl)c(Cl)c2)c(C(=O)O)[nH]1. The van der Waals surface area contributed by atoms with Gasteiger partial charge in [-0.25, -0.2) is 4.79 Å². The maximum Gasteiger partial charge on any atom is 0.354 e. The molecule has 0 atom stereocenters. The van der Waals surface area contributed by atoms with Crippen LogP contribution in [-0.2, 0) is 11.2 Å². The summed E-state index contributed by atoms with van der Waals surface area (Å²) in [5.74, 6) is -1.47.